The van der Waals surface area contributed by atoms with Crippen molar-refractivity contribution < 1.29 is 13.2 Å². The van der Waals surface area contributed by atoms with E-state index in [-0.39, 0.29) is 17.2 Å². The molecule has 0 saturated carbocycles. The van der Waals surface area contributed by atoms with Crippen LogP contribution in [0.3, 0.4) is 0 Å². The summed E-state index contributed by atoms with van der Waals surface area (Å²) in [4.78, 5) is 14.6. The van der Waals surface area contributed by atoms with Crippen LogP contribution in [0.15, 0.2) is 35.4 Å². The number of hydrogen-bond donors (Lipinski definition) is 1. The molecule has 1 aliphatic heterocycles. The molecule has 0 aliphatic carbocycles. The lowest BCUT2D eigenvalue weighted by Crippen LogP contribution is -2.39. The van der Waals surface area contributed by atoms with Crippen molar-refractivity contribution in [2.45, 2.75) is 17.7 Å². The van der Waals surface area contributed by atoms with Gasteiger partial charge in [-0.3, -0.25) is 4.79 Å². The van der Waals surface area contributed by atoms with Crippen LogP contribution in [0.5, 0.6) is 0 Å². The lowest BCUT2D eigenvalue weighted by Gasteiger charge is -2.24. The third-order valence-electron chi connectivity index (χ3n) is 3.38. The van der Waals surface area contributed by atoms with Gasteiger partial charge in [-0.05, 0) is 12.5 Å². The number of benzene rings is 1. The summed E-state index contributed by atoms with van der Waals surface area (Å²) in [5.41, 5.74) is 0.782. The van der Waals surface area contributed by atoms with Crippen LogP contribution in [0.2, 0.25) is 0 Å². The number of Topliss-reactive ketones (excluding diaryl/α,β-unsaturated/α-hetero) is 1. The molecule has 0 bridgehead atoms. The van der Waals surface area contributed by atoms with E-state index in [1.54, 1.807) is 12.1 Å². The molecule has 1 aliphatic rings. The first-order chi connectivity index (χ1) is 9.09. The minimum Gasteiger partial charge on any atom is -0.360 e. The van der Waals surface area contributed by atoms with Gasteiger partial charge in [0, 0.05) is 30.1 Å². The molecule has 100 valence electrons. The molecule has 1 saturated heterocycles. The molecule has 0 amide bonds. The van der Waals surface area contributed by atoms with E-state index in [9.17, 15) is 13.2 Å². The number of carbonyl (C=O) groups is 1. The Morgan fingerprint density at radius 2 is 2.00 bits per heavy atom. The third-order valence-corrected chi connectivity index (χ3v) is 5.27. The molecule has 1 N–H and O–H groups in total. The Kier molecular flexibility index (Phi) is 2.91. The van der Waals surface area contributed by atoms with Gasteiger partial charge in [-0.15, -0.1) is 0 Å². The number of piperidine rings is 1. The predicted molar refractivity (Wildman–Crippen MR) is 71.3 cm³/mol. The number of nitrogens with one attached hydrogen (secondary N) is 1. The van der Waals surface area contributed by atoms with E-state index in [2.05, 4.69) is 4.98 Å². The van der Waals surface area contributed by atoms with Crippen LogP contribution in [0, 0.1) is 0 Å². The Labute approximate surface area is 111 Å². The molecule has 2 aromatic rings. The molecular formula is C13H14N2O3S. The van der Waals surface area contributed by atoms with E-state index in [0.29, 0.717) is 24.8 Å². The molecular weight excluding hydrogens is 264 g/mol. The number of carbonyl (C=O) groups excluding carboxylic acids is 1. The minimum atomic E-state index is -3.60. The van der Waals surface area contributed by atoms with Crippen LogP contribution >= 0.6 is 0 Å². The van der Waals surface area contributed by atoms with Gasteiger partial charge in [-0.1, -0.05) is 18.2 Å². The molecule has 1 fully saturated rings. The van der Waals surface area contributed by atoms with Crippen LogP contribution in [-0.2, 0) is 14.8 Å². The summed E-state index contributed by atoms with van der Waals surface area (Å²) < 4.78 is 26.4. The number of ketones is 1. The summed E-state index contributed by atoms with van der Waals surface area (Å²) in [6.07, 6.45) is 2.57. The van der Waals surface area contributed by atoms with E-state index in [4.69, 9.17) is 0 Å². The van der Waals surface area contributed by atoms with Gasteiger partial charge in [-0.25, -0.2) is 8.42 Å². The fourth-order valence-electron chi connectivity index (χ4n) is 2.41. The molecule has 19 heavy (non-hydrogen) atoms. The molecule has 3 rings (SSSR count). The smallest absolute Gasteiger partial charge is 0.245 e. The Hall–Kier alpha value is -1.66. The van der Waals surface area contributed by atoms with Gasteiger partial charge in [0.2, 0.25) is 10.0 Å². The molecule has 1 aromatic heterocycles. The van der Waals surface area contributed by atoms with Gasteiger partial charge in [0.15, 0.2) is 0 Å². The highest BCUT2D eigenvalue weighted by Crippen LogP contribution is 2.26. The van der Waals surface area contributed by atoms with Crippen LogP contribution < -0.4 is 0 Å². The Balaban J connectivity index is 2.07. The fraction of sp³-hybridized carbons (Fsp3) is 0.308. The number of rotatable bonds is 2. The number of aromatic amines is 1. The lowest BCUT2D eigenvalue weighted by atomic mass is 10.1. The molecule has 0 spiro atoms. The average Bonchev–Trinajstić information content (AvgIpc) is 2.83. The van der Waals surface area contributed by atoms with Crippen LogP contribution in [-0.4, -0.2) is 36.6 Å². The number of sulfonamides is 1. The number of aromatic nitrogens is 1. The van der Waals surface area contributed by atoms with Crippen molar-refractivity contribution in [3.8, 4) is 0 Å². The van der Waals surface area contributed by atoms with Crippen LogP contribution in [0.25, 0.3) is 10.9 Å². The maximum absolute atomic E-state index is 12.6. The van der Waals surface area contributed by atoms with Crippen molar-refractivity contribution in [3.05, 3.63) is 30.5 Å². The van der Waals surface area contributed by atoms with Crippen LogP contribution in [0.1, 0.15) is 12.8 Å². The van der Waals surface area contributed by atoms with Crippen molar-refractivity contribution in [3.63, 3.8) is 0 Å². The summed E-state index contributed by atoms with van der Waals surface area (Å²) in [7, 11) is -3.60. The van der Waals surface area contributed by atoms with E-state index in [0.717, 1.165) is 5.52 Å². The van der Waals surface area contributed by atoms with Gasteiger partial charge >= 0.3 is 0 Å². The van der Waals surface area contributed by atoms with Gasteiger partial charge < -0.3 is 4.98 Å². The van der Waals surface area contributed by atoms with Crippen molar-refractivity contribution in [1.29, 1.82) is 0 Å². The number of hydrogen-bond acceptors (Lipinski definition) is 3. The first-order valence-corrected chi connectivity index (χ1v) is 7.61. The summed E-state index contributed by atoms with van der Waals surface area (Å²) >= 11 is 0. The van der Waals surface area contributed by atoms with Crippen molar-refractivity contribution in [2.75, 3.05) is 13.1 Å². The van der Waals surface area contributed by atoms with Gasteiger partial charge in [-0.2, -0.15) is 4.31 Å². The highest BCUT2D eigenvalue weighted by molar-refractivity contribution is 7.89. The Morgan fingerprint density at radius 3 is 2.79 bits per heavy atom. The average molecular weight is 278 g/mol. The maximum atomic E-state index is 12.6. The number of H-pyrrole nitrogens is 1. The molecule has 0 radical (unpaired) electrons. The summed E-state index contributed by atoms with van der Waals surface area (Å²) in [5, 5.41) is 0.667. The topological polar surface area (TPSA) is 70.2 Å². The first-order valence-electron chi connectivity index (χ1n) is 6.17. The second-order valence-corrected chi connectivity index (χ2v) is 6.59. The van der Waals surface area contributed by atoms with Gasteiger partial charge in [0.1, 0.15) is 10.7 Å². The number of para-hydroxylation sites is 1. The van der Waals surface area contributed by atoms with Gasteiger partial charge in [0.25, 0.3) is 0 Å². The molecule has 0 atom stereocenters. The zero-order valence-corrected chi connectivity index (χ0v) is 11.1. The number of nitrogens with zero attached hydrogens (tertiary/aromatic N) is 1. The van der Waals surface area contributed by atoms with Crippen molar-refractivity contribution in [2.24, 2.45) is 0 Å². The lowest BCUT2D eigenvalue weighted by molar-refractivity contribution is -0.120. The minimum absolute atomic E-state index is 0.0121. The van der Waals surface area contributed by atoms with E-state index in [1.165, 1.54) is 10.5 Å². The van der Waals surface area contributed by atoms with Crippen molar-refractivity contribution >= 4 is 26.7 Å². The standard InChI is InChI=1S/C13H14N2O3S/c16-10-4-3-7-15(9-10)19(17,18)13-8-14-12-6-2-1-5-11(12)13/h1-2,5-6,8,14H,3-4,7,9H2. The zero-order valence-electron chi connectivity index (χ0n) is 10.3. The second-order valence-electron chi connectivity index (χ2n) is 4.68. The molecule has 1 aromatic carbocycles. The summed E-state index contributed by atoms with van der Waals surface area (Å²) in [5.74, 6) is -0.0188. The monoisotopic (exact) mass is 278 g/mol. The summed E-state index contributed by atoms with van der Waals surface area (Å²) in [6, 6.07) is 7.25. The normalized spacial score (nSPS) is 18.0. The van der Waals surface area contributed by atoms with Gasteiger partial charge in [0.05, 0.1) is 6.54 Å². The fourth-order valence-corrected chi connectivity index (χ4v) is 4.04. The predicted octanol–water partition coefficient (Wildman–Crippen LogP) is 1.52. The highest BCUT2D eigenvalue weighted by atomic mass is 32.2. The molecule has 0 unspecified atom stereocenters. The van der Waals surface area contributed by atoms with Crippen molar-refractivity contribution in [1.82, 2.24) is 9.29 Å². The first kappa shape index (κ1) is 12.4. The number of fused-ring (bicyclic) bond motifs is 1. The molecule has 5 nitrogen and oxygen atoms in total. The second kappa shape index (κ2) is 4.47. The SMILES string of the molecule is O=C1CCCN(S(=O)(=O)c2c[nH]c3ccccc23)C1. The molecule has 6 heteroatoms. The Morgan fingerprint density at radius 1 is 1.21 bits per heavy atom. The van der Waals surface area contributed by atoms with E-state index < -0.39 is 10.0 Å². The zero-order chi connectivity index (χ0) is 13.5. The Bertz CT molecular complexity index is 733. The highest BCUT2D eigenvalue weighted by Gasteiger charge is 2.30. The van der Waals surface area contributed by atoms with Crippen LogP contribution in [0.4, 0.5) is 0 Å². The summed E-state index contributed by atoms with van der Waals surface area (Å²) in [6.45, 7) is 0.398. The van der Waals surface area contributed by atoms with E-state index in [1.807, 2.05) is 12.1 Å². The molecule has 2 heterocycles. The quantitative estimate of drug-likeness (QED) is 0.905. The largest absolute Gasteiger partial charge is 0.360 e. The third kappa shape index (κ3) is 2.06. The van der Waals surface area contributed by atoms with E-state index >= 15 is 0 Å². The maximum Gasteiger partial charge on any atom is 0.245 e.